The van der Waals surface area contributed by atoms with Crippen molar-refractivity contribution in [1.29, 1.82) is 0 Å². The average molecular weight is 2100 g/mol. The lowest BCUT2D eigenvalue weighted by Gasteiger charge is -2.47. The van der Waals surface area contributed by atoms with E-state index in [2.05, 4.69) is 90.0 Å². The van der Waals surface area contributed by atoms with Gasteiger partial charge < -0.3 is 53.2 Å². The van der Waals surface area contributed by atoms with Crippen molar-refractivity contribution in [3.8, 4) is 0 Å². The van der Waals surface area contributed by atoms with E-state index in [4.69, 9.17) is 37.9 Å². The molecule has 2 rings (SSSR count). The molecule has 0 radical (unpaired) electrons. The fraction of sp³-hybridized carbons (Fsp3) is 0.902. The topological polar surface area (TPSA) is 220 Å². The molecule has 18 atom stereocenters. The van der Waals surface area contributed by atoms with Gasteiger partial charge in [-0.15, -0.1) is 0 Å². The molecule has 0 aromatic carbocycles. The zero-order chi connectivity index (χ0) is 109. The monoisotopic (exact) mass is 2100 g/mol. The molecule has 3 N–H and O–H groups in total. The second-order valence-electron chi connectivity index (χ2n) is 48.5. The van der Waals surface area contributed by atoms with Gasteiger partial charge in [-0.3, -0.25) is 4.79 Å². The predicted octanol–water partition coefficient (Wildman–Crippen LogP) is 38.7. The Morgan fingerprint density at radius 3 is 0.705 bits per heavy atom. The number of hydrogen-bond acceptors (Lipinski definition) is 16. The summed E-state index contributed by atoms with van der Waals surface area (Å²) < 4.78 is 52.3. The first-order valence-electron chi connectivity index (χ1n) is 64.9. The molecular weight excluding hydrogens is 1850 g/mol. The van der Waals surface area contributed by atoms with Gasteiger partial charge in [-0.1, -0.05) is 609 Å². The Kier molecular flexibility index (Phi) is 92.2. The number of ether oxygens (including phenoxy) is 8. The van der Waals surface area contributed by atoms with E-state index in [-0.39, 0.29) is 41.2 Å². The molecule has 0 amide bonds. The van der Waals surface area contributed by atoms with Crippen molar-refractivity contribution in [1.82, 2.24) is 0 Å². The molecule has 16 nitrogen and oxygen atoms in total. The Hall–Kier alpha value is -3.93. The largest absolute Gasteiger partial charge is 0.459 e. The highest BCUT2D eigenvalue weighted by atomic mass is 16.8. The molecule has 874 valence electrons. The van der Waals surface area contributed by atoms with Crippen molar-refractivity contribution in [3.63, 3.8) is 0 Å². The van der Waals surface area contributed by atoms with Crippen LogP contribution in [0.15, 0.2) is 46.6 Å². The van der Waals surface area contributed by atoms with Crippen molar-refractivity contribution in [3.05, 3.63) is 46.6 Å². The fourth-order valence-corrected chi connectivity index (χ4v) is 23.3. The van der Waals surface area contributed by atoms with Crippen LogP contribution in [-0.4, -0.2) is 120 Å². The van der Waals surface area contributed by atoms with Crippen molar-refractivity contribution in [2.75, 3.05) is 13.2 Å². The Labute approximate surface area is 920 Å². The summed E-state index contributed by atoms with van der Waals surface area (Å²) in [6, 6.07) is 0. The van der Waals surface area contributed by atoms with Crippen molar-refractivity contribution >= 4 is 29.8 Å². The van der Waals surface area contributed by atoms with Gasteiger partial charge in [-0.05, 0) is 107 Å². The second kappa shape index (κ2) is 97.3. The molecule has 2 heterocycles. The molecule has 2 aliphatic heterocycles. The van der Waals surface area contributed by atoms with Gasteiger partial charge in [-0.25, -0.2) is 19.2 Å². The molecule has 0 spiro atoms. The van der Waals surface area contributed by atoms with E-state index >= 15 is 9.59 Å². The van der Waals surface area contributed by atoms with Crippen LogP contribution in [0.2, 0.25) is 0 Å². The summed E-state index contributed by atoms with van der Waals surface area (Å²) in [5, 5.41) is 37.6. The van der Waals surface area contributed by atoms with E-state index in [1.54, 1.807) is 27.7 Å². The minimum Gasteiger partial charge on any atom is -0.459 e. The van der Waals surface area contributed by atoms with Crippen LogP contribution >= 0.6 is 0 Å². The van der Waals surface area contributed by atoms with Gasteiger partial charge in [0.25, 0.3) is 0 Å². The van der Waals surface area contributed by atoms with E-state index in [9.17, 15) is 29.7 Å². The van der Waals surface area contributed by atoms with Crippen LogP contribution in [0.25, 0.3) is 0 Å². The van der Waals surface area contributed by atoms with Crippen LogP contribution in [-0.2, 0) is 61.9 Å². The molecule has 0 saturated carbocycles. The van der Waals surface area contributed by atoms with Gasteiger partial charge in [0.1, 0.15) is 31.0 Å². The summed E-state index contributed by atoms with van der Waals surface area (Å²) in [7, 11) is 0. The third-order valence-electron chi connectivity index (χ3n) is 32.5. The quantitative estimate of drug-likeness (QED) is 0.0223. The summed E-state index contributed by atoms with van der Waals surface area (Å²) in [5.74, 6) is -2.16. The lowest BCUT2D eigenvalue weighted by Crippen LogP contribution is -2.66. The molecule has 2 saturated heterocycles. The molecule has 0 aliphatic carbocycles. The summed E-state index contributed by atoms with van der Waals surface area (Å²) in [6.07, 6.45) is 92.2. The van der Waals surface area contributed by atoms with E-state index in [1.807, 2.05) is 24.3 Å². The van der Waals surface area contributed by atoms with Gasteiger partial charge in [0, 0.05) is 28.7 Å². The van der Waals surface area contributed by atoms with Crippen molar-refractivity contribution in [2.45, 2.75) is 712 Å². The second-order valence-corrected chi connectivity index (χ2v) is 48.5. The van der Waals surface area contributed by atoms with Crippen LogP contribution in [0, 0.1) is 47.3 Å². The molecular formula is C133H246O16. The van der Waals surface area contributed by atoms with Crippen LogP contribution in [0.4, 0.5) is 0 Å². The molecule has 149 heavy (non-hydrogen) atoms. The van der Waals surface area contributed by atoms with Crippen LogP contribution in [0.1, 0.15) is 651 Å². The lowest BCUT2D eigenvalue weighted by molar-refractivity contribution is -0.377. The number of carbonyl (C=O) groups is 5. The van der Waals surface area contributed by atoms with Crippen LogP contribution < -0.4 is 0 Å². The summed E-state index contributed by atoms with van der Waals surface area (Å²) in [4.78, 5) is 74.2. The summed E-state index contributed by atoms with van der Waals surface area (Å²) in [5.41, 5.74) is 1.18. The molecule has 2 fully saturated rings. The van der Waals surface area contributed by atoms with Crippen molar-refractivity contribution < 1.29 is 77.2 Å². The average Bonchev–Trinajstić information content (AvgIpc) is 0.768. The maximum absolute atomic E-state index is 15.1. The third-order valence-corrected chi connectivity index (χ3v) is 32.5. The van der Waals surface area contributed by atoms with Crippen molar-refractivity contribution in [2.24, 2.45) is 47.3 Å². The molecule has 0 aromatic rings. The number of unbranched alkanes of at least 4 members (excludes halogenated alkanes) is 69. The zero-order valence-electron chi connectivity index (χ0n) is 101. The number of esters is 5. The standard InChI is InChI=1S/C133H246O16/c1-18-23-28-33-38-43-48-53-58-59-61-65-70-75-77-82-87-92-107(6)97-111(10)101-115(14)128(138)142-106-120-122(136)125(147-130(140)117(16)103-113(12)99-109(8)94-89-84-79-73-68-63-56-51-46-41-36-31-26-21-4)127(145-121(135)96-91-86-81-76-71-66-60-54-49-44-39-34-29-24-19-2)133(144-120)149-132-126(148-131(141)118(17)104-114(13)100-110(9)95-90-85-80-74-69-64-57-52-47-42-37-32-27-22-5)123(137)124(119(105-134)143-132)146-129(139)116(15)102-112(11)98-108(7)93-88-83-78-72-67-62-55-50-45-40-35-30-25-20-3/h101-104,107-114,119-120,122-127,132-134,136-137H,18-100,105-106H2,1-17H3/b115-101+,116-102+,117-103+,118-104+/t107-,108-,109-,110-,111-,112-,113-,114-,119?,120?,122+,123?,124+,125?,126-,127+,132+,133+/m0/s1. The van der Waals surface area contributed by atoms with E-state index < -0.39 is 104 Å². The maximum atomic E-state index is 15.1. The number of rotatable bonds is 104. The van der Waals surface area contributed by atoms with Crippen LogP contribution in [0.5, 0.6) is 0 Å². The molecule has 16 heteroatoms. The van der Waals surface area contributed by atoms with Gasteiger partial charge in [0.15, 0.2) is 24.4 Å². The molecule has 0 bridgehead atoms. The highest BCUT2D eigenvalue weighted by Crippen LogP contribution is 2.38. The SMILES string of the molecule is CCCCCCCCCCCCCCCCCCC[C@H](C)C[C@H](C)/C=C(\C)C(=O)OCC1O[C@H](O[C@H]2OC(CO)[C@@H](OC(=O)/C(C)=C/[C@@H](C)C[C@@H](C)CCCCCCCCCCCCCCCC)C(O)[C@@H]2OC(=O)/C(C)=C/[C@@H](C)C[C@@H](C)CCCCCCCCCCCCCCCC)[C@H](OC(=O)CCCCCCCCCCCCCCCCC)C(OC(=O)/C(C)=C/[C@@H](C)C[C@@H](C)CCCCCCCCCCCCCCCC)[C@@H]1O. The number of allylic oxidation sites excluding steroid dienone is 4. The van der Waals surface area contributed by atoms with Gasteiger partial charge >= 0.3 is 29.8 Å². The first-order valence-corrected chi connectivity index (χ1v) is 64.9. The molecule has 2 aliphatic rings. The summed E-state index contributed by atoms with van der Waals surface area (Å²) >= 11 is 0. The Balaban J connectivity index is 2.70. The molecule has 0 aromatic heterocycles. The number of hydrogen-bond donors (Lipinski definition) is 3. The third kappa shape index (κ3) is 76.4. The normalized spacial score (nSPS) is 20.1. The first-order chi connectivity index (χ1) is 72.2. The number of aliphatic hydroxyl groups excluding tert-OH is 3. The smallest absolute Gasteiger partial charge is 0.333 e. The Bertz CT molecular complexity index is 3250. The van der Waals surface area contributed by atoms with E-state index in [1.165, 1.54) is 417 Å². The van der Waals surface area contributed by atoms with Gasteiger partial charge in [0.2, 0.25) is 12.6 Å². The highest BCUT2D eigenvalue weighted by molar-refractivity contribution is 5.89. The fourth-order valence-electron chi connectivity index (χ4n) is 23.3. The minimum atomic E-state index is -1.92. The molecule has 4 unspecified atom stereocenters. The van der Waals surface area contributed by atoms with E-state index in [0.717, 1.165) is 103 Å². The van der Waals surface area contributed by atoms with Gasteiger partial charge in [-0.2, -0.15) is 0 Å². The lowest BCUT2D eigenvalue weighted by atomic mass is 9.91. The number of carbonyl (C=O) groups excluding carboxylic acids is 5. The zero-order valence-corrected chi connectivity index (χ0v) is 101. The number of aliphatic hydroxyl groups is 3. The highest BCUT2D eigenvalue weighted by Gasteiger charge is 2.56. The van der Waals surface area contributed by atoms with Gasteiger partial charge in [0.05, 0.1) is 6.61 Å². The predicted molar refractivity (Wildman–Crippen MR) is 628 cm³/mol. The minimum absolute atomic E-state index is 0.00140. The first kappa shape index (κ1) is 141. The summed E-state index contributed by atoms with van der Waals surface area (Å²) in [6.45, 7) is 34.2. The van der Waals surface area contributed by atoms with E-state index in [0.29, 0.717) is 41.2 Å². The Morgan fingerprint density at radius 2 is 0.456 bits per heavy atom. The maximum Gasteiger partial charge on any atom is 0.333 e. The Morgan fingerprint density at radius 1 is 0.248 bits per heavy atom. The van der Waals surface area contributed by atoms with Crippen LogP contribution in [0.3, 0.4) is 0 Å².